The molecule has 1 atom stereocenters. The first kappa shape index (κ1) is 18.4. The van der Waals surface area contributed by atoms with E-state index >= 15 is 0 Å². The minimum Gasteiger partial charge on any atom is -0.490 e. The molecule has 1 aliphatic rings. The zero-order valence-electron chi connectivity index (χ0n) is 13.3. The van der Waals surface area contributed by atoms with Crippen molar-refractivity contribution in [3.63, 3.8) is 0 Å². The van der Waals surface area contributed by atoms with Gasteiger partial charge >= 0.3 is 0 Å². The van der Waals surface area contributed by atoms with E-state index in [0.717, 1.165) is 25.2 Å². The van der Waals surface area contributed by atoms with Crippen LogP contribution in [0.5, 0.6) is 5.75 Å². The van der Waals surface area contributed by atoms with Crippen LogP contribution in [0.25, 0.3) is 0 Å². The van der Waals surface area contributed by atoms with Gasteiger partial charge in [0.05, 0.1) is 13.7 Å². The molecule has 130 valence electrons. The fourth-order valence-corrected chi connectivity index (χ4v) is 2.85. The molecule has 1 aromatic carbocycles. The van der Waals surface area contributed by atoms with Gasteiger partial charge in [0.1, 0.15) is 17.8 Å². The van der Waals surface area contributed by atoms with Crippen molar-refractivity contribution in [1.82, 2.24) is 10.2 Å². The molecule has 1 aliphatic heterocycles. The lowest BCUT2D eigenvalue weighted by Gasteiger charge is -2.36. The molecule has 1 fully saturated rings. The van der Waals surface area contributed by atoms with Gasteiger partial charge in [0.2, 0.25) is 11.2 Å². The largest absolute Gasteiger partial charge is 0.490 e. The van der Waals surface area contributed by atoms with Crippen molar-refractivity contribution in [2.45, 2.75) is 12.6 Å². The third-order valence-corrected chi connectivity index (χ3v) is 4.02. The molecule has 3 rings (SSSR count). The molecule has 5 nitrogen and oxygen atoms in total. The van der Waals surface area contributed by atoms with E-state index in [4.69, 9.17) is 9.15 Å². The summed E-state index contributed by atoms with van der Waals surface area (Å²) in [5.74, 6) is 0.513. The van der Waals surface area contributed by atoms with Gasteiger partial charge in [-0.1, -0.05) is 12.1 Å². The first-order valence-corrected chi connectivity index (χ1v) is 7.53. The molecule has 2 heterocycles. The number of hydrogen-bond donors (Lipinski definition) is 1. The lowest BCUT2D eigenvalue weighted by atomic mass is 10.0. The van der Waals surface area contributed by atoms with Gasteiger partial charge in [0.25, 0.3) is 0 Å². The Morgan fingerprint density at radius 2 is 2.25 bits per heavy atom. The van der Waals surface area contributed by atoms with E-state index in [1.54, 1.807) is 12.1 Å². The van der Waals surface area contributed by atoms with Gasteiger partial charge in [0, 0.05) is 31.7 Å². The highest BCUT2D eigenvalue weighted by molar-refractivity contribution is 5.85. The lowest BCUT2D eigenvalue weighted by molar-refractivity contribution is 0.141. The molecule has 0 amide bonds. The molecular weight excluding hydrogens is 335 g/mol. The predicted molar refractivity (Wildman–Crippen MR) is 91.2 cm³/mol. The smallest absolute Gasteiger partial charge is 0.227 e. The molecule has 0 spiro atoms. The van der Waals surface area contributed by atoms with E-state index in [1.807, 2.05) is 6.07 Å². The van der Waals surface area contributed by atoms with Crippen molar-refractivity contribution in [3.8, 4) is 5.75 Å². The van der Waals surface area contributed by atoms with Crippen LogP contribution in [0, 0.1) is 5.82 Å². The van der Waals surface area contributed by atoms with Gasteiger partial charge in [-0.25, -0.2) is 4.39 Å². The van der Waals surface area contributed by atoms with Crippen molar-refractivity contribution < 1.29 is 13.5 Å². The van der Waals surface area contributed by atoms with Gasteiger partial charge in [-0.3, -0.25) is 9.69 Å². The SMILES string of the molecule is COc1coc(CN2CCNCC2c2cccc(F)c2)cc1=O.Cl. The van der Waals surface area contributed by atoms with Crippen molar-refractivity contribution in [2.75, 3.05) is 26.7 Å². The van der Waals surface area contributed by atoms with Gasteiger partial charge in [-0.15, -0.1) is 12.4 Å². The van der Waals surface area contributed by atoms with E-state index < -0.39 is 0 Å². The highest BCUT2D eigenvalue weighted by Gasteiger charge is 2.25. The van der Waals surface area contributed by atoms with Crippen LogP contribution in [-0.4, -0.2) is 31.6 Å². The van der Waals surface area contributed by atoms with E-state index in [9.17, 15) is 9.18 Å². The molecule has 0 bridgehead atoms. The molecule has 1 unspecified atom stereocenters. The normalized spacial score (nSPS) is 18.0. The minimum absolute atomic E-state index is 0. The standard InChI is InChI=1S/C17H19FN2O3.ClH/c1-22-17-11-23-14(8-16(17)21)10-20-6-5-19-9-15(20)12-3-2-4-13(18)7-12;/h2-4,7-8,11,15,19H,5-6,9-10H2,1H3;1H. The van der Waals surface area contributed by atoms with Crippen molar-refractivity contribution in [1.29, 1.82) is 0 Å². The number of nitrogens with zero attached hydrogens (tertiary/aromatic N) is 1. The first-order chi connectivity index (χ1) is 11.2. The molecule has 2 aromatic rings. The van der Waals surface area contributed by atoms with Gasteiger partial charge in [-0.05, 0) is 17.7 Å². The third-order valence-electron chi connectivity index (χ3n) is 4.02. The Balaban J connectivity index is 0.00000208. The monoisotopic (exact) mass is 354 g/mol. The summed E-state index contributed by atoms with van der Waals surface area (Å²) in [5, 5.41) is 3.32. The Bertz CT molecular complexity index is 738. The second-order valence-corrected chi connectivity index (χ2v) is 5.52. The number of ether oxygens (including phenoxy) is 1. The Morgan fingerprint density at radius 1 is 1.42 bits per heavy atom. The summed E-state index contributed by atoms with van der Waals surface area (Å²) in [5.41, 5.74) is 0.708. The van der Waals surface area contributed by atoms with Crippen LogP contribution >= 0.6 is 12.4 Å². The average molecular weight is 355 g/mol. The summed E-state index contributed by atoms with van der Waals surface area (Å²) >= 11 is 0. The number of hydrogen-bond acceptors (Lipinski definition) is 5. The number of piperazine rings is 1. The van der Waals surface area contributed by atoms with Crippen molar-refractivity contribution in [3.05, 3.63) is 64.0 Å². The molecular formula is C17H20ClFN2O3. The summed E-state index contributed by atoms with van der Waals surface area (Å²) in [7, 11) is 1.43. The molecule has 0 aliphatic carbocycles. The van der Waals surface area contributed by atoms with E-state index in [2.05, 4.69) is 10.2 Å². The molecule has 1 aromatic heterocycles. The number of methoxy groups -OCH3 is 1. The van der Waals surface area contributed by atoms with Crippen LogP contribution < -0.4 is 15.5 Å². The summed E-state index contributed by atoms with van der Waals surface area (Å²) in [6, 6.07) is 8.10. The quantitative estimate of drug-likeness (QED) is 0.913. The third kappa shape index (κ3) is 4.14. The average Bonchev–Trinajstić information content (AvgIpc) is 2.55. The second-order valence-electron chi connectivity index (χ2n) is 5.52. The van der Waals surface area contributed by atoms with Crippen LogP contribution in [0.3, 0.4) is 0 Å². The number of nitrogens with one attached hydrogen (secondary N) is 1. The Kier molecular flexibility index (Phi) is 6.36. The Hall–Kier alpha value is -1.89. The van der Waals surface area contributed by atoms with Crippen LogP contribution in [0.15, 0.2) is 45.8 Å². The van der Waals surface area contributed by atoms with Crippen LogP contribution in [0.1, 0.15) is 17.4 Å². The summed E-state index contributed by atoms with van der Waals surface area (Å²) in [4.78, 5) is 14.0. The van der Waals surface area contributed by atoms with E-state index in [-0.39, 0.29) is 35.4 Å². The van der Waals surface area contributed by atoms with Gasteiger partial charge in [-0.2, -0.15) is 0 Å². The number of benzene rings is 1. The lowest BCUT2D eigenvalue weighted by Crippen LogP contribution is -2.45. The zero-order chi connectivity index (χ0) is 16.2. The van der Waals surface area contributed by atoms with Gasteiger partial charge < -0.3 is 14.5 Å². The summed E-state index contributed by atoms with van der Waals surface area (Å²) in [6.45, 7) is 2.84. The van der Waals surface area contributed by atoms with Crippen LogP contribution in [0.2, 0.25) is 0 Å². The number of halogens is 2. The fourth-order valence-electron chi connectivity index (χ4n) is 2.85. The molecule has 24 heavy (non-hydrogen) atoms. The Labute approximate surface area is 145 Å². The fraction of sp³-hybridized carbons (Fsp3) is 0.353. The molecule has 0 radical (unpaired) electrons. The maximum Gasteiger partial charge on any atom is 0.227 e. The van der Waals surface area contributed by atoms with Crippen molar-refractivity contribution >= 4 is 12.4 Å². The minimum atomic E-state index is -0.246. The van der Waals surface area contributed by atoms with Gasteiger partial charge in [0.15, 0.2) is 0 Å². The molecule has 1 saturated heterocycles. The topological polar surface area (TPSA) is 54.7 Å². The summed E-state index contributed by atoms with van der Waals surface area (Å²) in [6.07, 6.45) is 1.33. The molecule has 7 heteroatoms. The maximum absolute atomic E-state index is 13.5. The maximum atomic E-state index is 13.5. The van der Waals surface area contributed by atoms with Crippen LogP contribution in [-0.2, 0) is 6.54 Å². The van der Waals surface area contributed by atoms with Crippen LogP contribution in [0.4, 0.5) is 4.39 Å². The summed E-state index contributed by atoms with van der Waals surface area (Å²) < 4.78 is 23.9. The predicted octanol–water partition coefficient (Wildman–Crippen LogP) is 2.36. The first-order valence-electron chi connectivity index (χ1n) is 7.53. The molecule has 1 N–H and O–H groups in total. The van der Waals surface area contributed by atoms with Crippen molar-refractivity contribution in [2.24, 2.45) is 0 Å². The van der Waals surface area contributed by atoms with E-state index in [1.165, 1.54) is 25.5 Å². The zero-order valence-corrected chi connectivity index (χ0v) is 14.1. The number of rotatable bonds is 4. The molecule has 0 saturated carbocycles. The highest BCUT2D eigenvalue weighted by Crippen LogP contribution is 2.24. The van der Waals surface area contributed by atoms with E-state index in [0.29, 0.717) is 12.3 Å². The highest BCUT2D eigenvalue weighted by atomic mass is 35.5. The Morgan fingerprint density at radius 3 is 2.96 bits per heavy atom. The second kappa shape index (κ2) is 8.28.